The first-order chi connectivity index (χ1) is 8.54. The van der Waals surface area contributed by atoms with Gasteiger partial charge >= 0.3 is 57.4 Å². The number of rotatable bonds is 5. The third-order valence-electron chi connectivity index (χ3n) is 2.55. The Labute approximate surface area is 155 Å². The summed E-state index contributed by atoms with van der Waals surface area (Å²) in [6, 6.07) is -0.921. The third kappa shape index (κ3) is 6.53. The van der Waals surface area contributed by atoms with Crippen LogP contribution in [0.15, 0.2) is 35.6 Å². The van der Waals surface area contributed by atoms with Crippen molar-refractivity contribution in [2.24, 2.45) is 0 Å². The minimum Gasteiger partial charge on any atom is -0.548 e. The van der Waals surface area contributed by atoms with E-state index < -0.39 is 18.0 Å². The average Bonchev–Trinajstić information content (AvgIpc) is 2.36. The first-order valence-electron chi connectivity index (χ1n) is 5.62. The Hall–Kier alpha value is -0.404. The number of carboxylic acid groups (broad SMARTS) is 1. The zero-order chi connectivity index (χ0) is 13.5. The smallest absolute Gasteiger partial charge is 0.548 e. The molecule has 0 saturated heterocycles. The fourth-order valence-electron chi connectivity index (χ4n) is 1.66. The van der Waals surface area contributed by atoms with Gasteiger partial charge in [0.2, 0.25) is 0 Å². The van der Waals surface area contributed by atoms with E-state index in [9.17, 15) is 14.7 Å². The summed E-state index contributed by atoms with van der Waals surface area (Å²) in [6.07, 6.45) is 8.20. The molecule has 0 bridgehead atoms. The van der Waals surface area contributed by atoms with Crippen LogP contribution in [0.3, 0.4) is 0 Å². The topological polar surface area (TPSA) is 78.5 Å². The molecule has 19 heavy (non-hydrogen) atoms. The fourth-order valence-corrected chi connectivity index (χ4v) is 1.66. The van der Waals surface area contributed by atoms with Crippen molar-refractivity contribution in [1.29, 1.82) is 0 Å². The van der Waals surface area contributed by atoms with Crippen LogP contribution in [0.25, 0.3) is 0 Å². The van der Waals surface area contributed by atoms with E-state index in [0.717, 1.165) is 5.57 Å². The van der Waals surface area contributed by atoms with E-state index in [1.54, 1.807) is 6.92 Å². The second kappa shape index (κ2) is 9.49. The molecule has 0 spiro atoms. The number of allylic oxidation sites excluding steroid dienone is 4. The Morgan fingerprint density at radius 1 is 1.47 bits per heavy atom. The Balaban J connectivity index is 0.00000324. The van der Waals surface area contributed by atoms with Crippen LogP contribution in [0.1, 0.15) is 19.8 Å². The Bertz CT molecular complexity index is 426. The molecule has 5 nitrogen and oxygen atoms in total. The number of aliphatic carboxylic acids is 1. The van der Waals surface area contributed by atoms with Gasteiger partial charge in [-0.05, 0) is 25.3 Å². The molecule has 98 valence electrons. The number of esters is 1. The van der Waals surface area contributed by atoms with Crippen LogP contribution < -0.4 is 61.8 Å². The van der Waals surface area contributed by atoms with Crippen molar-refractivity contribution >= 4 is 11.9 Å². The SMILES string of the molecule is COC(=O)/C=C(/C)N[C@@H](C(=O)[O-])C1=CCC=CC1.[K+]. The number of carbonyl (C=O) groups excluding carboxylic acids is 2. The maximum absolute atomic E-state index is 11.1. The zero-order valence-corrected chi connectivity index (χ0v) is 14.6. The van der Waals surface area contributed by atoms with Gasteiger partial charge in [0, 0.05) is 11.8 Å². The zero-order valence-electron chi connectivity index (χ0n) is 11.4. The molecule has 0 aliphatic heterocycles. The largest absolute Gasteiger partial charge is 1.00 e. The normalized spacial score (nSPS) is 15.9. The summed E-state index contributed by atoms with van der Waals surface area (Å²) in [4.78, 5) is 22.1. The maximum Gasteiger partial charge on any atom is 1.00 e. The quantitative estimate of drug-likeness (QED) is 0.253. The van der Waals surface area contributed by atoms with E-state index in [1.165, 1.54) is 13.2 Å². The summed E-state index contributed by atoms with van der Waals surface area (Å²) in [7, 11) is 1.26. The van der Waals surface area contributed by atoms with Crippen molar-refractivity contribution in [2.75, 3.05) is 7.11 Å². The van der Waals surface area contributed by atoms with Crippen LogP contribution in [-0.4, -0.2) is 25.1 Å². The first-order valence-corrected chi connectivity index (χ1v) is 5.62. The van der Waals surface area contributed by atoms with Crippen LogP contribution in [0.2, 0.25) is 0 Å². The van der Waals surface area contributed by atoms with Gasteiger partial charge in [0.1, 0.15) is 0 Å². The average molecular weight is 289 g/mol. The van der Waals surface area contributed by atoms with Gasteiger partial charge in [-0.1, -0.05) is 18.2 Å². The molecule has 0 aromatic heterocycles. The second-order valence-electron chi connectivity index (χ2n) is 3.94. The van der Waals surface area contributed by atoms with Crippen LogP contribution in [-0.2, 0) is 14.3 Å². The van der Waals surface area contributed by atoms with Crippen molar-refractivity contribution < 1.29 is 70.8 Å². The third-order valence-corrected chi connectivity index (χ3v) is 2.55. The molecule has 6 heteroatoms. The summed E-state index contributed by atoms with van der Waals surface area (Å²) < 4.78 is 4.46. The van der Waals surface area contributed by atoms with Crippen molar-refractivity contribution in [3.05, 3.63) is 35.6 Å². The van der Waals surface area contributed by atoms with Crippen LogP contribution in [0.5, 0.6) is 0 Å². The van der Waals surface area contributed by atoms with E-state index in [0.29, 0.717) is 18.5 Å². The van der Waals surface area contributed by atoms with E-state index in [2.05, 4.69) is 10.1 Å². The minimum atomic E-state index is -1.21. The molecular formula is C13H16KNO4. The van der Waals surface area contributed by atoms with E-state index >= 15 is 0 Å². The molecular weight excluding hydrogens is 273 g/mol. The van der Waals surface area contributed by atoms with Crippen molar-refractivity contribution in [1.82, 2.24) is 5.32 Å². The molecule has 0 aromatic carbocycles. The predicted molar refractivity (Wildman–Crippen MR) is 64.2 cm³/mol. The van der Waals surface area contributed by atoms with Crippen LogP contribution >= 0.6 is 0 Å². The van der Waals surface area contributed by atoms with E-state index in [4.69, 9.17) is 0 Å². The molecule has 1 aliphatic rings. The second-order valence-corrected chi connectivity index (χ2v) is 3.94. The number of methoxy groups -OCH3 is 1. The number of carbonyl (C=O) groups is 2. The standard InChI is InChI=1S/C13H17NO4.K/c1-9(8-11(15)18-2)14-12(13(16)17)10-6-4-3-5-7-10;/h3-4,7-8,12,14H,5-6H2,1-2H3,(H,16,17);/q;+1/p-1/b9-8-;/t12-;/m1./s1. The molecule has 0 radical (unpaired) electrons. The van der Waals surface area contributed by atoms with Crippen LogP contribution in [0, 0.1) is 0 Å². The summed E-state index contributed by atoms with van der Waals surface area (Å²) in [6.45, 7) is 1.60. The number of hydrogen-bond acceptors (Lipinski definition) is 5. The molecule has 1 N–H and O–H groups in total. The molecule has 0 aromatic rings. The Morgan fingerprint density at radius 3 is 2.63 bits per heavy atom. The monoisotopic (exact) mass is 289 g/mol. The van der Waals surface area contributed by atoms with Gasteiger partial charge < -0.3 is 20.0 Å². The molecule has 1 rings (SSSR count). The number of carboxylic acids is 1. The van der Waals surface area contributed by atoms with Gasteiger partial charge in [0.25, 0.3) is 0 Å². The predicted octanol–water partition coefficient (Wildman–Crippen LogP) is -2.95. The number of ether oxygens (including phenoxy) is 1. The van der Waals surface area contributed by atoms with Crippen LogP contribution in [0.4, 0.5) is 0 Å². The van der Waals surface area contributed by atoms with Gasteiger partial charge in [-0.15, -0.1) is 0 Å². The number of hydrogen-bond donors (Lipinski definition) is 1. The van der Waals surface area contributed by atoms with E-state index in [-0.39, 0.29) is 51.4 Å². The molecule has 1 atom stereocenters. The number of nitrogens with one attached hydrogen (secondary N) is 1. The molecule has 1 aliphatic carbocycles. The molecule has 0 heterocycles. The van der Waals surface area contributed by atoms with Crippen molar-refractivity contribution in [2.45, 2.75) is 25.8 Å². The maximum atomic E-state index is 11.1. The summed E-state index contributed by atoms with van der Waals surface area (Å²) in [5.41, 5.74) is 1.15. The van der Waals surface area contributed by atoms with Gasteiger partial charge in [-0.25, -0.2) is 4.79 Å². The van der Waals surface area contributed by atoms with Gasteiger partial charge in [0.15, 0.2) is 0 Å². The van der Waals surface area contributed by atoms with Gasteiger partial charge in [-0.2, -0.15) is 0 Å². The van der Waals surface area contributed by atoms with Gasteiger partial charge in [-0.3, -0.25) is 0 Å². The first kappa shape index (κ1) is 18.6. The molecule has 0 unspecified atom stereocenters. The Kier molecular flexibility index (Phi) is 9.29. The summed E-state index contributed by atoms with van der Waals surface area (Å²) >= 11 is 0. The fraction of sp³-hybridized carbons (Fsp3) is 0.385. The molecule has 0 amide bonds. The Morgan fingerprint density at radius 2 is 2.16 bits per heavy atom. The molecule has 0 saturated carbocycles. The van der Waals surface area contributed by atoms with Crippen molar-refractivity contribution in [3.8, 4) is 0 Å². The molecule has 0 fully saturated rings. The summed E-state index contributed by atoms with van der Waals surface area (Å²) in [5.74, 6) is -1.75. The van der Waals surface area contributed by atoms with Crippen molar-refractivity contribution in [3.63, 3.8) is 0 Å². The van der Waals surface area contributed by atoms with E-state index in [1.807, 2.05) is 18.2 Å². The summed E-state index contributed by atoms with van der Waals surface area (Å²) in [5, 5.41) is 13.9. The van der Waals surface area contributed by atoms with Gasteiger partial charge in [0.05, 0.1) is 19.1 Å². The minimum absolute atomic E-state index is 0.